The third kappa shape index (κ3) is 2.19. The molecule has 1 N–H and O–H groups in total. The van der Waals surface area contributed by atoms with Crippen molar-refractivity contribution in [2.75, 3.05) is 5.32 Å². The molecule has 2 aromatic carbocycles. The molecule has 0 aromatic heterocycles. The van der Waals surface area contributed by atoms with Gasteiger partial charge in [-0.2, -0.15) is 0 Å². The monoisotopic (exact) mass is 315 g/mol. The van der Waals surface area contributed by atoms with Gasteiger partial charge < -0.3 is 5.32 Å². The van der Waals surface area contributed by atoms with Gasteiger partial charge in [-0.3, -0.25) is 4.79 Å². The number of halogens is 1. The minimum atomic E-state index is -0.0893. The van der Waals surface area contributed by atoms with Gasteiger partial charge in [-0.25, -0.2) is 0 Å². The molecule has 1 atom stereocenters. The van der Waals surface area contributed by atoms with Crippen LogP contribution in [0, 0.1) is 6.92 Å². The summed E-state index contributed by atoms with van der Waals surface area (Å²) in [5.41, 5.74) is 4.39. The Hall–Kier alpha value is -1.61. The van der Waals surface area contributed by atoms with E-state index in [1.54, 1.807) is 0 Å². The lowest BCUT2D eigenvalue weighted by Crippen LogP contribution is -2.14. The average molecular weight is 316 g/mol. The van der Waals surface area contributed by atoms with E-state index >= 15 is 0 Å². The van der Waals surface area contributed by atoms with Gasteiger partial charge in [0.2, 0.25) is 5.91 Å². The Balaban J connectivity index is 1.97. The second kappa shape index (κ2) is 4.82. The maximum atomic E-state index is 12.2. The number of nitrogens with one attached hydrogen (secondary N) is 1. The molecule has 96 valence electrons. The summed E-state index contributed by atoms with van der Waals surface area (Å²) in [6.07, 6.45) is 0.726. The van der Waals surface area contributed by atoms with Gasteiger partial charge in [0.05, 0.1) is 5.92 Å². The van der Waals surface area contributed by atoms with E-state index in [0.717, 1.165) is 33.3 Å². The van der Waals surface area contributed by atoms with Crippen molar-refractivity contribution < 1.29 is 4.79 Å². The molecule has 0 radical (unpaired) electrons. The van der Waals surface area contributed by atoms with Crippen molar-refractivity contribution in [3.05, 3.63) is 63.6 Å². The van der Waals surface area contributed by atoms with Gasteiger partial charge in [0.1, 0.15) is 0 Å². The number of para-hydroxylation sites is 1. The fraction of sp³-hybridized carbons (Fsp3) is 0.188. The van der Waals surface area contributed by atoms with Gasteiger partial charge in [-0.1, -0.05) is 52.3 Å². The number of anilines is 1. The molecular formula is C16H14BrNO. The van der Waals surface area contributed by atoms with E-state index in [9.17, 15) is 4.79 Å². The van der Waals surface area contributed by atoms with Gasteiger partial charge in [0, 0.05) is 10.2 Å². The van der Waals surface area contributed by atoms with Crippen molar-refractivity contribution in [2.45, 2.75) is 19.3 Å². The van der Waals surface area contributed by atoms with Crippen LogP contribution in [0.15, 0.2) is 46.9 Å². The summed E-state index contributed by atoms with van der Waals surface area (Å²) in [7, 11) is 0. The summed E-state index contributed by atoms with van der Waals surface area (Å²) in [6, 6.07) is 14.2. The van der Waals surface area contributed by atoms with Gasteiger partial charge in [0.25, 0.3) is 0 Å². The Bertz CT molecular complexity index is 651. The van der Waals surface area contributed by atoms with E-state index in [1.165, 1.54) is 0 Å². The molecule has 3 rings (SSSR count). The zero-order chi connectivity index (χ0) is 13.4. The molecule has 2 nitrogen and oxygen atoms in total. The molecule has 0 bridgehead atoms. The lowest BCUT2D eigenvalue weighted by atomic mass is 9.92. The number of amides is 1. The van der Waals surface area contributed by atoms with Crippen molar-refractivity contribution in [2.24, 2.45) is 0 Å². The molecule has 0 fully saturated rings. The number of hydrogen-bond acceptors (Lipinski definition) is 1. The van der Waals surface area contributed by atoms with Crippen LogP contribution in [0.3, 0.4) is 0 Å². The number of hydrogen-bond donors (Lipinski definition) is 1. The second-order valence-electron chi connectivity index (χ2n) is 4.88. The van der Waals surface area contributed by atoms with Crippen molar-refractivity contribution in [1.82, 2.24) is 0 Å². The molecule has 19 heavy (non-hydrogen) atoms. The third-order valence-electron chi connectivity index (χ3n) is 3.63. The van der Waals surface area contributed by atoms with Crippen LogP contribution in [0.5, 0.6) is 0 Å². The number of benzene rings is 2. The lowest BCUT2D eigenvalue weighted by molar-refractivity contribution is -0.117. The SMILES string of the molecule is Cc1cccc2c1NC(=O)[C@@H]2Cc1ccccc1Br. The van der Waals surface area contributed by atoms with Crippen LogP contribution < -0.4 is 5.32 Å². The third-order valence-corrected chi connectivity index (χ3v) is 4.40. The first-order valence-electron chi connectivity index (χ1n) is 6.30. The van der Waals surface area contributed by atoms with E-state index in [1.807, 2.05) is 43.3 Å². The second-order valence-corrected chi connectivity index (χ2v) is 5.73. The summed E-state index contributed by atoms with van der Waals surface area (Å²) < 4.78 is 1.06. The fourth-order valence-corrected chi connectivity index (χ4v) is 3.04. The normalized spacial score (nSPS) is 17.2. The van der Waals surface area contributed by atoms with E-state index in [4.69, 9.17) is 0 Å². The highest BCUT2D eigenvalue weighted by atomic mass is 79.9. The van der Waals surface area contributed by atoms with Crippen LogP contribution in [-0.2, 0) is 11.2 Å². The molecule has 0 unspecified atom stereocenters. The quantitative estimate of drug-likeness (QED) is 0.890. The highest BCUT2D eigenvalue weighted by molar-refractivity contribution is 9.10. The summed E-state index contributed by atoms with van der Waals surface area (Å²) in [4.78, 5) is 12.2. The molecule has 0 saturated heterocycles. The van der Waals surface area contributed by atoms with Crippen molar-refractivity contribution >= 4 is 27.5 Å². The average Bonchev–Trinajstić information content (AvgIpc) is 2.71. The smallest absolute Gasteiger partial charge is 0.232 e. The Kier molecular flexibility index (Phi) is 3.15. The molecule has 0 aliphatic carbocycles. The molecule has 1 heterocycles. The zero-order valence-electron chi connectivity index (χ0n) is 10.6. The van der Waals surface area contributed by atoms with Crippen LogP contribution in [0.25, 0.3) is 0 Å². The number of carbonyl (C=O) groups is 1. The van der Waals surface area contributed by atoms with Gasteiger partial charge in [-0.05, 0) is 36.1 Å². The first kappa shape index (κ1) is 12.4. The van der Waals surface area contributed by atoms with Crippen molar-refractivity contribution in [1.29, 1.82) is 0 Å². The van der Waals surface area contributed by atoms with Crippen LogP contribution >= 0.6 is 15.9 Å². The Morgan fingerprint density at radius 3 is 2.74 bits per heavy atom. The summed E-state index contributed by atoms with van der Waals surface area (Å²) in [5.74, 6) is 0.00801. The molecule has 2 aromatic rings. The largest absolute Gasteiger partial charge is 0.325 e. The van der Waals surface area contributed by atoms with E-state index in [0.29, 0.717) is 0 Å². The molecule has 0 spiro atoms. The highest BCUT2D eigenvalue weighted by Crippen LogP contribution is 2.37. The van der Waals surface area contributed by atoms with Crippen LogP contribution in [-0.4, -0.2) is 5.91 Å². The number of aryl methyl sites for hydroxylation is 1. The van der Waals surface area contributed by atoms with Gasteiger partial charge >= 0.3 is 0 Å². The van der Waals surface area contributed by atoms with Crippen molar-refractivity contribution in [3.63, 3.8) is 0 Å². The van der Waals surface area contributed by atoms with Crippen molar-refractivity contribution in [3.8, 4) is 0 Å². The topological polar surface area (TPSA) is 29.1 Å². The minimum absolute atomic E-state index is 0.0893. The number of carbonyl (C=O) groups excluding carboxylic acids is 1. The fourth-order valence-electron chi connectivity index (χ4n) is 2.59. The number of fused-ring (bicyclic) bond motifs is 1. The first-order chi connectivity index (χ1) is 9.16. The first-order valence-corrected chi connectivity index (χ1v) is 7.10. The van der Waals surface area contributed by atoms with E-state index in [2.05, 4.69) is 27.3 Å². The Morgan fingerprint density at radius 1 is 1.16 bits per heavy atom. The molecular weight excluding hydrogens is 302 g/mol. The maximum Gasteiger partial charge on any atom is 0.232 e. The van der Waals surface area contributed by atoms with Crippen LogP contribution in [0.1, 0.15) is 22.6 Å². The highest BCUT2D eigenvalue weighted by Gasteiger charge is 2.31. The summed E-state index contributed by atoms with van der Waals surface area (Å²) >= 11 is 3.55. The Morgan fingerprint density at radius 2 is 1.95 bits per heavy atom. The maximum absolute atomic E-state index is 12.2. The number of rotatable bonds is 2. The zero-order valence-corrected chi connectivity index (χ0v) is 12.2. The predicted octanol–water partition coefficient (Wildman–Crippen LogP) is 4.04. The summed E-state index contributed by atoms with van der Waals surface area (Å²) in [6.45, 7) is 2.03. The minimum Gasteiger partial charge on any atom is -0.325 e. The van der Waals surface area contributed by atoms with Crippen LogP contribution in [0.4, 0.5) is 5.69 Å². The Labute approximate surface area is 121 Å². The van der Waals surface area contributed by atoms with Gasteiger partial charge in [0.15, 0.2) is 0 Å². The van der Waals surface area contributed by atoms with E-state index in [-0.39, 0.29) is 11.8 Å². The molecule has 1 aliphatic rings. The molecule has 0 saturated carbocycles. The van der Waals surface area contributed by atoms with Crippen LogP contribution in [0.2, 0.25) is 0 Å². The molecule has 1 amide bonds. The molecule has 1 aliphatic heterocycles. The molecule has 3 heteroatoms. The predicted molar refractivity (Wildman–Crippen MR) is 80.4 cm³/mol. The van der Waals surface area contributed by atoms with E-state index < -0.39 is 0 Å². The van der Waals surface area contributed by atoms with Gasteiger partial charge in [-0.15, -0.1) is 0 Å². The standard InChI is InChI=1S/C16H14BrNO/c1-10-5-4-7-12-13(16(19)18-15(10)12)9-11-6-2-3-8-14(11)17/h2-8,13H,9H2,1H3,(H,18,19)/t13-/m1/s1. The summed E-state index contributed by atoms with van der Waals surface area (Å²) in [5, 5.41) is 3.00. The lowest BCUT2D eigenvalue weighted by Gasteiger charge is -2.10.